The molecular weight excluding hydrogens is 505 g/mol. The maximum Gasteiger partial charge on any atom is 0.223 e. The molecule has 37 heavy (non-hydrogen) atoms. The number of benzene rings is 3. The Morgan fingerprint density at radius 2 is 1.22 bits per heavy atom. The molecule has 5 nitrogen and oxygen atoms in total. The molecule has 3 aromatic rings. The van der Waals surface area contributed by atoms with Crippen LogP contribution in [-0.4, -0.2) is 65.4 Å². The van der Waals surface area contributed by atoms with Gasteiger partial charge >= 0.3 is 0 Å². The lowest BCUT2D eigenvalue weighted by Crippen LogP contribution is -2.48. The summed E-state index contributed by atoms with van der Waals surface area (Å²) in [4.78, 5) is 19.8. The SMILES string of the molecule is Cl.Cl.O.O=C1CCC(c2ccccc2)N1CCCN1CCN(C(c2ccccc2)c2ccccc2)CC1. The predicted octanol–water partition coefficient (Wildman–Crippen LogP) is 5.17. The standard InChI is InChI=1S/C30H35N3O.2ClH.H2O/c34-29-18-17-28(25-11-4-1-5-12-25)33(29)20-10-19-31-21-23-32(24-22-31)30(26-13-6-2-7-14-26)27-15-8-3-9-16-27;;;/h1-9,11-16,28,30H,10,17-24H2;2*1H;1H2. The zero-order valence-electron chi connectivity index (χ0n) is 21.2. The van der Waals surface area contributed by atoms with Crippen molar-refractivity contribution < 1.29 is 10.3 Å². The number of likely N-dealkylation sites (tertiary alicyclic amines) is 1. The molecule has 1 unspecified atom stereocenters. The summed E-state index contributed by atoms with van der Waals surface area (Å²) < 4.78 is 0. The largest absolute Gasteiger partial charge is 0.412 e. The van der Waals surface area contributed by atoms with E-state index in [9.17, 15) is 4.79 Å². The van der Waals surface area contributed by atoms with Crippen LogP contribution in [0.15, 0.2) is 91.0 Å². The Morgan fingerprint density at radius 3 is 1.76 bits per heavy atom. The van der Waals surface area contributed by atoms with E-state index in [0.717, 1.165) is 52.1 Å². The van der Waals surface area contributed by atoms with Crippen LogP contribution < -0.4 is 0 Å². The summed E-state index contributed by atoms with van der Waals surface area (Å²) in [5, 5.41) is 0. The van der Waals surface area contributed by atoms with E-state index in [4.69, 9.17) is 0 Å². The zero-order valence-corrected chi connectivity index (χ0v) is 22.9. The van der Waals surface area contributed by atoms with Crippen molar-refractivity contribution in [2.45, 2.75) is 31.3 Å². The van der Waals surface area contributed by atoms with Crippen LogP contribution in [0.4, 0.5) is 0 Å². The number of hydrogen-bond acceptors (Lipinski definition) is 3. The van der Waals surface area contributed by atoms with Crippen molar-refractivity contribution in [3.63, 3.8) is 0 Å². The van der Waals surface area contributed by atoms with E-state index < -0.39 is 0 Å². The third-order valence-electron chi connectivity index (χ3n) is 7.39. The topological polar surface area (TPSA) is 58.3 Å². The van der Waals surface area contributed by atoms with Crippen LogP contribution in [0.5, 0.6) is 0 Å². The summed E-state index contributed by atoms with van der Waals surface area (Å²) >= 11 is 0. The Bertz CT molecular complexity index is 1010. The second kappa shape index (κ2) is 15.1. The lowest BCUT2D eigenvalue weighted by molar-refractivity contribution is -0.129. The maximum atomic E-state index is 12.5. The highest BCUT2D eigenvalue weighted by atomic mass is 35.5. The van der Waals surface area contributed by atoms with Gasteiger partial charge in [0.2, 0.25) is 5.91 Å². The minimum absolute atomic E-state index is 0. The van der Waals surface area contributed by atoms with Gasteiger partial charge in [0.05, 0.1) is 12.1 Å². The average molecular weight is 545 g/mol. The van der Waals surface area contributed by atoms with E-state index >= 15 is 0 Å². The van der Waals surface area contributed by atoms with Crippen molar-refractivity contribution >= 4 is 30.7 Å². The first kappa shape index (κ1) is 30.8. The molecule has 200 valence electrons. The van der Waals surface area contributed by atoms with Gasteiger partial charge in [0.15, 0.2) is 0 Å². The molecule has 2 aliphatic rings. The smallest absolute Gasteiger partial charge is 0.223 e. The number of hydrogen-bond donors (Lipinski definition) is 0. The predicted molar refractivity (Wildman–Crippen MR) is 156 cm³/mol. The van der Waals surface area contributed by atoms with E-state index in [1.54, 1.807) is 0 Å². The first-order valence-corrected chi connectivity index (χ1v) is 12.7. The fraction of sp³-hybridized carbons (Fsp3) is 0.367. The Morgan fingerprint density at radius 1 is 0.703 bits per heavy atom. The summed E-state index contributed by atoms with van der Waals surface area (Å²) in [6.07, 6.45) is 2.66. The lowest BCUT2D eigenvalue weighted by atomic mass is 9.96. The van der Waals surface area contributed by atoms with Crippen LogP contribution in [0.2, 0.25) is 0 Å². The number of halogens is 2. The molecule has 3 aromatic carbocycles. The fourth-order valence-corrected chi connectivity index (χ4v) is 5.63. The Balaban J connectivity index is 0.00000160. The Labute approximate surface area is 233 Å². The van der Waals surface area contributed by atoms with E-state index in [2.05, 4.69) is 99.6 Å². The summed E-state index contributed by atoms with van der Waals surface area (Å²) in [6, 6.07) is 32.8. The molecule has 2 heterocycles. The molecule has 0 bridgehead atoms. The first-order chi connectivity index (χ1) is 16.8. The van der Waals surface area contributed by atoms with Gasteiger partial charge in [0, 0.05) is 39.1 Å². The molecule has 0 aliphatic carbocycles. The van der Waals surface area contributed by atoms with Crippen molar-refractivity contribution in [2.75, 3.05) is 39.3 Å². The van der Waals surface area contributed by atoms with E-state index in [-0.39, 0.29) is 36.3 Å². The fourth-order valence-electron chi connectivity index (χ4n) is 5.63. The highest BCUT2D eigenvalue weighted by Gasteiger charge is 2.32. The number of nitrogens with zero attached hydrogens (tertiary/aromatic N) is 3. The van der Waals surface area contributed by atoms with Crippen LogP contribution in [-0.2, 0) is 4.79 Å². The third-order valence-corrected chi connectivity index (χ3v) is 7.39. The number of carbonyl (C=O) groups excluding carboxylic acids is 1. The summed E-state index contributed by atoms with van der Waals surface area (Å²) in [6.45, 7) is 6.18. The molecule has 2 aliphatic heterocycles. The van der Waals surface area contributed by atoms with Gasteiger partial charge in [-0.2, -0.15) is 0 Å². The number of amides is 1. The molecule has 5 rings (SSSR count). The minimum Gasteiger partial charge on any atom is -0.412 e. The normalized spacial score (nSPS) is 18.1. The van der Waals surface area contributed by atoms with E-state index in [1.165, 1.54) is 16.7 Å². The van der Waals surface area contributed by atoms with E-state index in [1.807, 2.05) is 6.07 Å². The van der Waals surface area contributed by atoms with Crippen molar-refractivity contribution in [1.29, 1.82) is 0 Å². The van der Waals surface area contributed by atoms with Gasteiger partial charge in [-0.05, 0) is 36.1 Å². The first-order valence-electron chi connectivity index (χ1n) is 12.7. The third kappa shape index (κ3) is 7.56. The van der Waals surface area contributed by atoms with E-state index in [0.29, 0.717) is 18.4 Å². The lowest BCUT2D eigenvalue weighted by Gasteiger charge is -2.40. The number of piperazine rings is 1. The molecule has 0 aromatic heterocycles. The molecule has 0 radical (unpaired) electrons. The minimum atomic E-state index is 0. The summed E-state index contributed by atoms with van der Waals surface area (Å²) in [7, 11) is 0. The number of rotatable bonds is 8. The van der Waals surface area contributed by atoms with Crippen LogP contribution in [0, 0.1) is 0 Å². The van der Waals surface area contributed by atoms with Crippen molar-refractivity contribution in [3.05, 3.63) is 108 Å². The Hall–Kier alpha value is -2.41. The van der Waals surface area contributed by atoms with Gasteiger partial charge in [-0.3, -0.25) is 9.69 Å². The van der Waals surface area contributed by atoms with Gasteiger partial charge in [-0.15, -0.1) is 24.8 Å². The average Bonchev–Trinajstić information content (AvgIpc) is 3.27. The van der Waals surface area contributed by atoms with Crippen molar-refractivity contribution in [3.8, 4) is 0 Å². The second-order valence-corrected chi connectivity index (χ2v) is 9.51. The molecule has 0 saturated carbocycles. The van der Waals surface area contributed by atoms with Gasteiger partial charge in [0.1, 0.15) is 0 Å². The van der Waals surface area contributed by atoms with Gasteiger partial charge in [0.25, 0.3) is 0 Å². The molecule has 2 fully saturated rings. The van der Waals surface area contributed by atoms with Crippen LogP contribution >= 0.6 is 24.8 Å². The maximum absolute atomic E-state index is 12.5. The number of carbonyl (C=O) groups is 1. The Kier molecular flexibility index (Phi) is 12.6. The monoisotopic (exact) mass is 543 g/mol. The van der Waals surface area contributed by atoms with Crippen LogP contribution in [0.1, 0.15) is 48.0 Å². The molecule has 7 heteroatoms. The zero-order chi connectivity index (χ0) is 23.2. The molecule has 2 saturated heterocycles. The van der Waals surface area contributed by atoms with Crippen molar-refractivity contribution in [1.82, 2.24) is 14.7 Å². The molecule has 1 atom stereocenters. The van der Waals surface area contributed by atoms with Crippen LogP contribution in [0.25, 0.3) is 0 Å². The van der Waals surface area contributed by atoms with Crippen molar-refractivity contribution in [2.24, 2.45) is 0 Å². The summed E-state index contributed by atoms with van der Waals surface area (Å²) in [5.74, 6) is 0.312. The molecule has 1 amide bonds. The van der Waals surface area contributed by atoms with Crippen LogP contribution in [0.3, 0.4) is 0 Å². The van der Waals surface area contributed by atoms with Gasteiger partial charge in [-0.25, -0.2) is 0 Å². The quantitative estimate of drug-likeness (QED) is 0.394. The van der Waals surface area contributed by atoms with Gasteiger partial charge in [-0.1, -0.05) is 91.0 Å². The summed E-state index contributed by atoms with van der Waals surface area (Å²) in [5.41, 5.74) is 4.00. The molecule has 2 N–H and O–H groups in total. The van der Waals surface area contributed by atoms with Gasteiger partial charge < -0.3 is 15.3 Å². The molecular formula is C30H39Cl2N3O2. The second-order valence-electron chi connectivity index (χ2n) is 9.51. The highest BCUT2D eigenvalue weighted by Crippen LogP contribution is 2.33. The highest BCUT2D eigenvalue weighted by molar-refractivity contribution is 5.85. The molecule has 0 spiro atoms.